The van der Waals surface area contributed by atoms with Crippen LogP contribution in [0.15, 0.2) is 18.2 Å². The largest absolute Gasteiger partial charge is 0.496 e. The molecule has 5 heteroatoms. The minimum atomic E-state index is -0.225. The van der Waals surface area contributed by atoms with E-state index in [-0.39, 0.29) is 18.3 Å². The molecule has 0 spiro atoms. The zero-order chi connectivity index (χ0) is 14.4. The highest BCUT2D eigenvalue weighted by atomic mass is 16.5. The Hall–Kier alpha value is -1.90. The maximum atomic E-state index is 11.8. The maximum Gasteiger partial charge on any atom is 0.180 e. The summed E-state index contributed by atoms with van der Waals surface area (Å²) in [6.07, 6.45) is 1.14. The van der Waals surface area contributed by atoms with Gasteiger partial charge in [-0.2, -0.15) is 5.26 Å². The van der Waals surface area contributed by atoms with Crippen molar-refractivity contribution in [1.29, 1.82) is 5.26 Å². The minimum absolute atomic E-state index is 0.139. The molecule has 1 atom stereocenters. The first-order chi connectivity index (χ1) is 9.74. The van der Waals surface area contributed by atoms with Gasteiger partial charge in [0.25, 0.3) is 0 Å². The van der Waals surface area contributed by atoms with Gasteiger partial charge in [0.15, 0.2) is 5.78 Å². The molecule has 0 saturated carbocycles. The van der Waals surface area contributed by atoms with E-state index in [4.69, 9.17) is 14.7 Å². The van der Waals surface area contributed by atoms with Crippen molar-refractivity contribution in [3.8, 4) is 11.8 Å². The third-order valence-electron chi connectivity index (χ3n) is 3.31. The van der Waals surface area contributed by atoms with Gasteiger partial charge in [0.1, 0.15) is 5.75 Å². The van der Waals surface area contributed by atoms with Gasteiger partial charge in [0.05, 0.1) is 37.9 Å². The normalized spacial score (nSPS) is 17.7. The number of hydrogen-bond acceptors (Lipinski definition) is 5. The second kappa shape index (κ2) is 7.04. The number of nitrogens with zero attached hydrogens (tertiary/aromatic N) is 1. The fraction of sp³-hybridized carbons (Fsp3) is 0.467. The second-order valence-corrected chi connectivity index (χ2v) is 4.72. The summed E-state index contributed by atoms with van der Waals surface area (Å²) in [7, 11) is 1.52. The van der Waals surface area contributed by atoms with Gasteiger partial charge in [0.2, 0.25) is 0 Å². The number of methoxy groups -OCH3 is 1. The number of carbonyl (C=O) groups is 1. The van der Waals surface area contributed by atoms with E-state index in [0.717, 1.165) is 25.1 Å². The Labute approximate surface area is 118 Å². The van der Waals surface area contributed by atoms with Gasteiger partial charge in [0, 0.05) is 6.54 Å². The fourth-order valence-electron chi connectivity index (χ4n) is 2.21. The molecule has 1 heterocycles. The first kappa shape index (κ1) is 14.5. The number of nitriles is 1. The monoisotopic (exact) mass is 274 g/mol. The van der Waals surface area contributed by atoms with Gasteiger partial charge in [-0.15, -0.1) is 0 Å². The number of ether oxygens (including phenoxy) is 2. The highest BCUT2D eigenvalue weighted by Crippen LogP contribution is 2.22. The van der Waals surface area contributed by atoms with Gasteiger partial charge in [-0.3, -0.25) is 4.79 Å². The second-order valence-electron chi connectivity index (χ2n) is 4.72. The summed E-state index contributed by atoms with van der Waals surface area (Å²) in [5.41, 5.74) is 1.41. The number of nitrogens with one attached hydrogen (secondary N) is 1. The van der Waals surface area contributed by atoms with Gasteiger partial charge < -0.3 is 14.8 Å². The van der Waals surface area contributed by atoms with E-state index >= 15 is 0 Å². The molecule has 0 amide bonds. The molecule has 20 heavy (non-hydrogen) atoms. The Morgan fingerprint density at radius 1 is 1.55 bits per heavy atom. The molecule has 0 radical (unpaired) electrons. The topological polar surface area (TPSA) is 71.3 Å². The molecule has 1 saturated heterocycles. The number of Topliss-reactive ketones (excluding diaryl/α,β-unsaturated/α-hetero) is 1. The quantitative estimate of drug-likeness (QED) is 0.799. The van der Waals surface area contributed by atoms with Crippen LogP contribution in [0.3, 0.4) is 0 Å². The summed E-state index contributed by atoms with van der Waals surface area (Å²) in [6.45, 7) is 2.38. The van der Waals surface area contributed by atoms with E-state index in [1.165, 1.54) is 7.11 Å². The molecule has 1 aliphatic heterocycles. The van der Waals surface area contributed by atoms with Crippen molar-refractivity contribution in [1.82, 2.24) is 5.32 Å². The molecule has 1 fully saturated rings. The average Bonchev–Trinajstić information content (AvgIpc) is 2.98. The third kappa shape index (κ3) is 3.56. The summed E-state index contributed by atoms with van der Waals surface area (Å²) in [5.74, 6) is 0.271. The van der Waals surface area contributed by atoms with Crippen molar-refractivity contribution in [2.75, 3.05) is 20.2 Å². The Kier molecular flexibility index (Phi) is 5.10. The van der Waals surface area contributed by atoms with Crippen molar-refractivity contribution in [2.24, 2.45) is 0 Å². The predicted molar refractivity (Wildman–Crippen MR) is 73.6 cm³/mol. The molecule has 0 aliphatic carbocycles. The van der Waals surface area contributed by atoms with Crippen molar-refractivity contribution in [2.45, 2.75) is 25.6 Å². The van der Waals surface area contributed by atoms with Crippen LogP contribution in [0.25, 0.3) is 0 Å². The maximum absolute atomic E-state index is 11.8. The summed E-state index contributed by atoms with van der Waals surface area (Å²) < 4.78 is 11.0. The summed E-state index contributed by atoms with van der Waals surface area (Å²) in [6, 6.07) is 7.20. The molecule has 2 rings (SSSR count). The Balaban J connectivity index is 2.04. The first-order valence-corrected chi connectivity index (χ1v) is 6.64. The van der Waals surface area contributed by atoms with E-state index in [2.05, 4.69) is 5.32 Å². The fourth-order valence-corrected chi connectivity index (χ4v) is 2.21. The molecule has 1 aliphatic rings. The molecule has 0 aromatic heterocycles. The number of ketones is 1. The summed E-state index contributed by atoms with van der Waals surface area (Å²) in [4.78, 5) is 11.8. The highest BCUT2D eigenvalue weighted by Gasteiger charge is 2.16. The van der Waals surface area contributed by atoms with Crippen LogP contribution in [0.1, 0.15) is 28.8 Å². The average molecular weight is 274 g/mol. The lowest BCUT2D eigenvalue weighted by atomic mass is 10.1. The molecule has 1 aromatic carbocycles. The SMILES string of the molecule is COc1cc(COC2CCNC2)ccc1C(=O)CC#N. The van der Waals surface area contributed by atoms with Crippen molar-refractivity contribution < 1.29 is 14.3 Å². The van der Waals surface area contributed by atoms with Gasteiger partial charge in [-0.25, -0.2) is 0 Å². The molecular formula is C15H18N2O3. The highest BCUT2D eigenvalue weighted by molar-refractivity contribution is 5.99. The lowest BCUT2D eigenvalue weighted by Crippen LogP contribution is -2.16. The Bertz CT molecular complexity index is 516. The summed E-state index contributed by atoms with van der Waals surface area (Å²) >= 11 is 0. The minimum Gasteiger partial charge on any atom is -0.496 e. The van der Waals surface area contributed by atoms with Crippen LogP contribution >= 0.6 is 0 Å². The van der Waals surface area contributed by atoms with Crippen LogP contribution in [-0.4, -0.2) is 32.1 Å². The van der Waals surface area contributed by atoms with Crippen LogP contribution in [-0.2, 0) is 11.3 Å². The molecule has 1 N–H and O–H groups in total. The van der Waals surface area contributed by atoms with Crippen LogP contribution in [0.2, 0.25) is 0 Å². The zero-order valence-corrected chi connectivity index (χ0v) is 11.5. The number of carbonyl (C=O) groups excluding carboxylic acids is 1. The van der Waals surface area contributed by atoms with E-state index < -0.39 is 0 Å². The molecule has 0 bridgehead atoms. The number of benzene rings is 1. The zero-order valence-electron chi connectivity index (χ0n) is 11.5. The lowest BCUT2D eigenvalue weighted by molar-refractivity contribution is 0.0541. The van der Waals surface area contributed by atoms with E-state index in [1.54, 1.807) is 12.1 Å². The molecule has 1 aromatic rings. The van der Waals surface area contributed by atoms with Gasteiger partial charge in [-0.05, 0) is 30.7 Å². The van der Waals surface area contributed by atoms with E-state index in [1.807, 2.05) is 12.1 Å². The smallest absolute Gasteiger partial charge is 0.180 e. The van der Waals surface area contributed by atoms with E-state index in [0.29, 0.717) is 17.9 Å². The number of rotatable bonds is 6. The van der Waals surface area contributed by atoms with Crippen LogP contribution in [0.4, 0.5) is 0 Å². The summed E-state index contributed by atoms with van der Waals surface area (Å²) in [5, 5.41) is 11.8. The van der Waals surface area contributed by atoms with E-state index in [9.17, 15) is 4.79 Å². The third-order valence-corrected chi connectivity index (χ3v) is 3.31. The molecule has 5 nitrogen and oxygen atoms in total. The van der Waals surface area contributed by atoms with Gasteiger partial charge in [-0.1, -0.05) is 6.07 Å². The lowest BCUT2D eigenvalue weighted by Gasteiger charge is -2.12. The van der Waals surface area contributed by atoms with Crippen molar-refractivity contribution >= 4 is 5.78 Å². The molecular weight excluding hydrogens is 256 g/mol. The van der Waals surface area contributed by atoms with Crippen molar-refractivity contribution in [3.63, 3.8) is 0 Å². The Morgan fingerprint density at radius 3 is 3.05 bits per heavy atom. The molecule has 106 valence electrons. The van der Waals surface area contributed by atoms with Gasteiger partial charge >= 0.3 is 0 Å². The molecule has 1 unspecified atom stereocenters. The van der Waals surface area contributed by atoms with Crippen LogP contribution in [0.5, 0.6) is 5.75 Å². The number of hydrogen-bond donors (Lipinski definition) is 1. The van der Waals surface area contributed by atoms with Crippen molar-refractivity contribution in [3.05, 3.63) is 29.3 Å². The Morgan fingerprint density at radius 2 is 2.40 bits per heavy atom. The van der Waals surface area contributed by atoms with Crippen LogP contribution < -0.4 is 10.1 Å². The van der Waals surface area contributed by atoms with Crippen LogP contribution in [0, 0.1) is 11.3 Å². The standard InChI is InChI=1S/C15H18N2O3/c1-19-15-8-11(10-20-12-5-7-17-9-12)2-3-13(15)14(18)4-6-16/h2-3,8,12,17H,4-5,7,9-10H2,1H3. The predicted octanol–water partition coefficient (Wildman–Crippen LogP) is 1.67. The first-order valence-electron chi connectivity index (χ1n) is 6.64.